The Kier molecular flexibility index (Phi) is 4.19. The molecule has 0 radical (unpaired) electrons. The number of aryl methyl sites for hydroxylation is 1. The fraction of sp³-hybridized carbons (Fsp3) is 0.562. The molecule has 0 spiro atoms. The van der Waals surface area contributed by atoms with Crippen molar-refractivity contribution in [1.82, 2.24) is 5.32 Å². The number of hydrogen-bond acceptors (Lipinski definition) is 1. The lowest BCUT2D eigenvalue weighted by Crippen LogP contribution is -2.44. The second kappa shape index (κ2) is 5.54. The zero-order valence-corrected chi connectivity index (χ0v) is 12.7. The lowest BCUT2D eigenvalue weighted by molar-refractivity contribution is -0.119. The summed E-state index contributed by atoms with van der Waals surface area (Å²) in [5.74, 6) is 0.762. The van der Waals surface area contributed by atoms with Crippen LogP contribution in [0.4, 0.5) is 0 Å². The second-order valence-electron chi connectivity index (χ2n) is 6.17. The molecule has 1 atom stereocenters. The van der Waals surface area contributed by atoms with Crippen LogP contribution in [0.5, 0.6) is 0 Å². The fourth-order valence-electron chi connectivity index (χ4n) is 3.14. The van der Waals surface area contributed by atoms with E-state index >= 15 is 0 Å². The second-order valence-corrected chi connectivity index (χ2v) is 6.61. The Morgan fingerprint density at radius 1 is 1.42 bits per heavy atom. The van der Waals surface area contributed by atoms with Crippen LogP contribution in [0.15, 0.2) is 18.2 Å². The average Bonchev–Trinajstić information content (AvgIpc) is 2.63. The normalized spacial score (nSPS) is 22.9. The molecule has 1 aromatic carbocycles. The predicted octanol–water partition coefficient (Wildman–Crippen LogP) is 3.89. The van der Waals surface area contributed by atoms with Crippen molar-refractivity contribution in [3.05, 3.63) is 34.3 Å². The third kappa shape index (κ3) is 3.50. The van der Waals surface area contributed by atoms with Crippen LogP contribution in [-0.2, 0) is 11.2 Å². The van der Waals surface area contributed by atoms with Crippen LogP contribution in [0, 0.1) is 12.8 Å². The molecule has 0 saturated carbocycles. The summed E-state index contributed by atoms with van der Waals surface area (Å²) in [6.45, 7) is 6.50. The fourth-order valence-corrected chi connectivity index (χ4v) is 3.36. The van der Waals surface area contributed by atoms with Crippen molar-refractivity contribution in [3.63, 3.8) is 0 Å². The van der Waals surface area contributed by atoms with Gasteiger partial charge in [-0.2, -0.15) is 0 Å². The van der Waals surface area contributed by atoms with Gasteiger partial charge in [-0.15, -0.1) is 0 Å². The van der Waals surface area contributed by atoms with Crippen LogP contribution in [0.1, 0.15) is 44.2 Å². The number of benzene rings is 1. The highest BCUT2D eigenvalue weighted by atomic mass is 35.5. The van der Waals surface area contributed by atoms with E-state index in [0.717, 1.165) is 24.3 Å². The summed E-state index contributed by atoms with van der Waals surface area (Å²) in [5, 5.41) is 3.99. The minimum absolute atomic E-state index is 0.0656. The highest BCUT2D eigenvalue weighted by molar-refractivity contribution is 6.30. The Labute approximate surface area is 120 Å². The number of hydrogen-bond donors (Lipinski definition) is 1. The summed E-state index contributed by atoms with van der Waals surface area (Å²) in [6, 6.07) is 6.02. The number of carbonyl (C=O) groups is 1. The molecule has 3 heteroatoms. The van der Waals surface area contributed by atoms with Crippen molar-refractivity contribution in [2.24, 2.45) is 5.92 Å². The number of carbonyl (C=O) groups excluding carboxylic acids is 1. The molecule has 1 N–H and O–H groups in total. The van der Waals surface area contributed by atoms with Gasteiger partial charge in [0.05, 0.1) is 0 Å². The first kappa shape index (κ1) is 14.4. The minimum Gasteiger partial charge on any atom is -0.350 e. The quantitative estimate of drug-likeness (QED) is 0.890. The molecule has 1 unspecified atom stereocenters. The Hall–Kier alpha value is -1.02. The van der Waals surface area contributed by atoms with Crippen molar-refractivity contribution in [2.75, 3.05) is 0 Å². The zero-order valence-electron chi connectivity index (χ0n) is 11.9. The molecule has 1 saturated heterocycles. The third-order valence-electron chi connectivity index (χ3n) is 3.87. The molecule has 19 heavy (non-hydrogen) atoms. The molecule has 1 heterocycles. The van der Waals surface area contributed by atoms with Gasteiger partial charge in [-0.05, 0) is 55.4 Å². The highest BCUT2D eigenvalue weighted by Crippen LogP contribution is 2.32. The first-order chi connectivity index (χ1) is 8.90. The van der Waals surface area contributed by atoms with Crippen LogP contribution in [0.2, 0.25) is 5.02 Å². The van der Waals surface area contributed by atoms with Gasteiger partial charge in [0.25, 0.3) is 0 Å². The van der Waals surface area contributed by atoms with Gasteiger partial charge in [-0.1, -0.05) is 31.5 Å². The van der Waals surface area contributed by atoms with Crippen LogP contribution in [0.25, 0.3) is 0 Å². The van der Waals surface area contributed by atoms with Gasteiger partial charge < -0.3 is 5.32 Å². The van der Waals surface area contributed by atoms with Gasteiger partial charge >= 0.3 is 0 Å². The SMILES string of the molecule is Cc1cc(Cl)ccc1CC1(CC(C)C)CCC(=O)N1. The van der Waals surface area contributed by atoms with E-state index in [0.29, 0.717) is 12.3 Å². The average molecular weight is 280 g/mol. The maximum atomic E-state index is 11.6. The van der Waals surface area contributed by atoms with E-state index in [1.165, 1.54) is 11.1 Å². The summed E-state index contributed by atoms with van der Waals surface area (Å²) in [6.07, 6.45) is 3.52. The van der Waals surface area contributed by atoms with E-state index in [1.54, 1.807) is 0 Å². The molecule has 0 aromatic heterocycles. The molecule has 1 aromatic rings. The molecule has 104 valence electrons. The van der Waals surface area contributed by atoms with E-state index in [1.807, 2.05) is 12.1 Å². The van der Waals surface area contributed by atoms with Crippen molar-refractivity contribution >= 4 is 17.5 Å². The molecular weight excluding hydrogens is 258 g/mol. The number of nitrogens with one attached hydrogen (secondary N) is 1. The summed E-state index contributed by atoms with van der Waals surface area (Å²) >= 11 is 6.01. The summed E-state index contributed by atoms with van der Waals surface area (Å²) in [4.78, 5) is 11.6. The largest absolute Gasteiger partial charge is 0.350 e. The van der Waals surface area contributed by atoms with Crippen molar-refractivity contribution < 1.29 is 4.79 Å². The highest BCUT2D eigenvalue weighted by Gasteiger charge is 2.38. The first-order valence-corrected chi connectivity index (χ1v) is 7.34. The molecule has 2 nitrogen and oxygen atoms in total. The number of amides is 1. The Bertz CT molecular complexity index is 484. The Morgan fingerprint density at radius 3 is 2.68 bits per heavy atom. The minimum atomic E-state index is -0.0656. The molecule has 2 rings (SSSR count). The third-order valence-corrected chi connectivity index (χ3v) is 4.10. The van der Waals surface area contributed by atoms with Crippen LogP contribution >= 0.6 is 11.6 Å². The zero-order chi connectivity index (χ0) is 14.0. The van der Waals surface area contributed by atoms with Crippen LogP contribution < -0.4 is 5.32 Å². The smallest absolute Gasteiger partial charge is 0.220 e. The number of halogens is 1. The molecule has 1 amide bonds. The van der Waals surface area contributed by atoms with E-state index in [9.17, 15) is 4.79 Å². The molecule has 1 fully saturated rings. The molecule has 1 aliphatic heterocycles. The van der Waals surface area contributed by atoms with E-state index in [2.05, 4.69) is 32.2 Å². The lowest BCUT2D eigenvalue weighted by atomic mass is 9.81. The summed E-state index contributed by atoms with van der Waals surface area (Å²) in [7, 11) is 0. The summed E-state index contributed by atoms with van der Waals surface area (Å²) in [5.41, 5.74) is 2.42. The Morgan fingerprint density at radius 2 is 2.16 bits per heavy atom. The van der Waals surface area contributed by atoms with Gasteiger partial charge in [0.1, 0.15) is 0 Å². The van der Waals surface area contributed by atoms with Crippen LogP contribution in [0.3, 0.4) is 0 Å². The summed E-state index contributed by atoms with van der Waals surface area (Å²) < 4.78 is 0. The van der Waals surface area contributed by atoms with Gasteiger partial charge in [-0.25, -0.2) is 0 Å². The maximum absolute atomic E-state index is 11.6. The first-order valence-electron chi connectivity index (χ1n) is 6.96. The number of rotatable bonds is 4. The van der Waals surface area contributed by atoms with Crippen molar-refractivity contribution in [1.29, 1.82) is 0 Å². The van der Waals surface area contributed by atoms with Gasteiger partial charge in [0, 0.05) is 17.0 Å². The lowest BCUT2D eigenvalue weighted by Gasteiger charge is -2.32. The van der Waals surface area contributed by atoms with Gasteiger partial charge in [0.2, 0.25) is 5.91 Å². The van der Waals surface area contributed by atoms with E-state index < -0.39 is 0 Å². The van der Waals surface area contributed by atoms with Crippen molar-refractivity contribution in [3.8, 4) is 0 Å². The Balaban J connectivity index is 2.23. The molecule has 0 aliphatic carbocycles. The molecular formula is C16H22ClNO. The monoisotopic (exact) mass is 279 g/mol. The standard InChI is InChI=1S/C16H22ClNO/c1-11(2)9-16(7-6-15(19)18-16)10-13-4-5-14(17)8-12(13)3/h4-5,8,11H,6-7,9-10H2,1-3H3,(H,18,19). The van der Waals surface area contributed by atoms with Gasteiger partial charge in [0.15, 0.2) is 0 Å². The van der Waals surface area contributed by atoms with Crippen LogP contribution in [-0.4, -0.2) is 11.4 Å². The molecule has 1 aliphatic rings. The maximum Gasteiger partial charge on any atom is 0.220 e. The van der Waals surface area contributed by atoms with Gasteiger partial charge in [-0.3, -0.25) is 4.79 Å². The van der Waals surface area contributed by atoms with Crippen molar-refractivity contribution in [2.45, 2.75) is 52.0 Å². The van der Waals surface area contributed by atoms with E-state index in [-0.39, 0.29) is 11.4 Å². The van der Waals surface area contributed by atoms with E-state index in [4.69, 9.17) is 11.6 Å². The topological polar surface area (TPSA) is 29.1 Å². The predicted molar refractivity (Wildman–Crippen MR) is 79.5 cm³/mol. The molecule has 0 bridgehead atoms.